The zero-order valence-electron chi connectivity index (χ0n) is 38.1. The maximum atomic E-state index is 13.5. The first-order valence-corrected chi connectivity index (χ1v) is 24.4. The quantitative estimate of drug-likeness (QED) is 0.167. The third-order valence-corrected chi connectivity index (χ3v) is 17.4. The standard InChI is InChI=1S/C48H80N8O4/c1-44(2,3)50-42(59)28-56-29-46(30-56)22-37(23-46)49-25-40(57)52-48-19-34-14-35(20-48)39(36(15-34)21-48)24-45(4,5)51-43(60)27-55-9-7-38(8-10-55)54(6)26-41(58)53-47-16-31-11-32(17-47)13-33(12-31)18-47/h31-39,49H,7-30H2,1-6H3,(H,50,59)(H,51,60)(H,52,57)(H,53,58). The van der Waals surface area contributed by atoms with Gasteiger partial charge in [0.15, 0.2) is 0 Å². The molecule has 5 N–H and O–H groups in total. The number of piperidine rings is 1. The molecule has 8 bridgehead atoms. The fraction of sp³-hybridized carbons (Fsp3) is 0.917. The van der Waals surface area contributed by atoms with Crippen molar-refractivity contribution < 1.29 is 19.2 Å². The van der Waals surface area contributed by atoms with E-state index in [-0.39, 0.29) is 45.8 Å². The van der Waals surface area contributed by atoms with Crippen LogP contribution in [0.4, 0.5) is 0 Å². The van der Waals surface area contributed by atoms with E-state index in [2.05, 4.69) is 62.2 Å². The van der Waals surface area contributed by atoms with Gasteiger partial charge in [-0.15, -0.1) is 0 Å². The minimum absolute atomic E-state index is 0.0689. The van der Waals surface area contributed by atoms with E-state index in [1.807, 2.05) is 20.8 Å². The van der Waals surface area contributed by atoms with Crippen LogP contribution in [0.1, 0.15) is 137 Å². The molecule has 11 aliphatic rings. The van der Waals surface area contributed by atoms with Gasteiger partial charge in [-0.25, -0.2) is 0 Å². The Morgan fingerprint density at radius 1 is 0.633 bits per heavy atom. The lowest BCUT2D eigenvalue weighted by Crippen LogP contribution is -2.68. The smallest absolute Gasteiger partial charge is 0.234 e. The minimum Gasteiger partial charge on any atom is -0.350 e. The molecule has 2 unspecified atom stereocenters. The second kappa shape index (κ2) is 16.1. The average Bonchev–Trinajstić information content (AvgIpc) is 3.07. The summed E-state index contributed by atoms with van der Waals surface area (Å²) in [6.45, 7) is 16.0. The van der Waals surface area contributed by atoms with Gasteiger partial charge in [0, 0.05) is 60.4 Å². The average molecular weight is 833 g/mol. The normalized spacial score (nSPS) is 37.2. The van der Waals surface area contributed by atoms with E-state index in [9.17, 15) is 19.2 Å². The third-order valence-electron chi connectivity index (χ3n) is 17.4. The molecular formula is C48H80N8O4. The molecule has 0 aromatic carbocycles. The van der Waals surface area contributed by atoms with Crippen molar-refractivity contribution in [3.05, 3.63) is 0 Å². The van der Waals surface area contributed by atoms with Crippen LogP contribution in [0.5, 0.6) is 0 Å². The maximum absolute atomic E-state index is 13.5. The van der Waals surface area contributed by atoms with Gasteiger partial charge < -0.3 is 26.6 Å². The van der Waals surface area contributed by atoms with Crippen molar-refractivity contribution in [3.63, 3.8) is 0 Å². The number of carbonyl (C=O) groups is 4. The van der Waals surface area contributed by atoms with Crippen molar-refractivity contribution in [1.82, 2.24) is 41.3 Å². The van der Waals surface area contributed by atoms with Gasteiger partial charge in [-0.2, -0.15) is 0 Å². The predicted octanol–water partition coefficient (Wildman–Crippen LogP) is 4.03. The van der Waals surface area contributed by atoms with Crippen molar-refractivity contribution in [2.24, 2.45) is 46.8 Å². The Balaban J connectivity index is 0.665. The molecule has 2 aliphatic heterocycles. The maximum Gasteiger partial charge on any atom is 0.234 e. The van der Waals surface area contributed by atoms with E-state index < -0.39 is 0 Å². The van der Waals surface area contributed by atoms with Crippen molar-refractivity contribution >= 4 is 23.6 Å². The number of carbonyl (C=O) groups excluding carboxylic acids is 4. The summed E-state index contributed by atoms with van der Waals surface area (Å²) in [5, 5.41) is 17.2. The van der Waals surface area contributed by atoms with Gasteiger partial charge in [0.2, 0.25) is 23.6 Å². The monoisotopic (exact) mass is 833 g/mol. The lowest BCUT2D eigenvalue weighted by atomic mass is 9.48. The lowest BCUT2D eigenvalue weighted by Gasteiger charge is -2.61. The molecule has 0 aromatic heterocycles. The number of hydrogen-bond acceptors (Lipinski definition) is 8. The van der Waals surface area contributed by atoms with Gasteiger partial charge in [0.05, 0.1) is 26.2 Å². The van der Waals surface area contributed by atoms with Crippen LogP contribution in [-0.2, 0) is 19.2 Å². The highest BCUT2D eigenvalue weighted by molar-refractivity contribution is 5.80. The summed E-state index contributed by atoms with van der Waals surface area (Å²) in [7, 11) is 2.11. The molecule has 2 atom stereocenters. The van der Waals surface area contributed by atoms with Crippen LogP contribution in [0, 0.1) is 46.8 Å². The van der Waals surface area contributed by atoms with Crippen LogP contribution < -0.4 is 26.6 Å². The molecule has 12 nitrogen and oxygen atoms in total. The highest BCUT2D eigenvalue weighted by Gasteiger charge is 2.57. The molecule has 12 heteroatoms. The highest BCUT2D eigenvalue weighted by atomic mass is 16.2. The zero-order chi connectivity index (χ0) is 42.2. The first kappa shape index (κ1) is 43.0. The number of likely N-dealkylation sites (N-methyl/N-ethyl adjacent to an activating group) is 1. The fourth-order valence-electron chi connectivity index (χ4n) is 16.0. The van der Waals surface area contributed by atoms with E-state index in [1.165, 1.54) is 51.4 Å². The van der Waals surface area contributed by atoms with Crippen molar-refractivity contribution in [3.8, 4) is 0 Å². The molecule has 9 aliphatic carbocycles. The molecule has 2 heterocycles. The van der Waals surface area contributed by atoms with Crippen LogP contribution >= 0.6 is 0 Å². The summed E-state index contributed by atoms with van der Waals surface area (Å²) in [6, 6.07) is 0.757. The number of nitrogens with zero attached hydrogens (tertiary/aromatic N) is 3. The number of nitrogens with one attached hydrogen (secondary N) is 5. The van der Waals surface area contributed by atoms with Crippen LogP contribution in [0.25, 0.3) is 0 Å². The Morgan fingerprint density at radius 2 is 1.15 bits per heavy atom. The summed E-state index contributed by atoms with van der Waals surface area (Å²) >= 11 is 0. The Labute approximate surface area is 361 Å². The molecule has 4 amide bonds. The van der Waals surface area contributed by atoms with E-state index in [4.69, 9.17) is 0 Å². The van der Waals surface area contributed by atoms with Gasteiger partial charge in [0.1, 0.15) is 0 Å². The van der Waals surface area contributed by atoms with Crippen LogP contribution in [0.15, 0.2) is 0 Å². The number of likely N-dealkylation sites (tertiary alicyclic amines) is 2. The Hall–Kier alpha value is -2.28. The van der Waals surface area contributed by atoms with E-state index in [0.29, 0.717) is 67.3 Å². The van der Waals surface area contributed by atoms with Gasteiger partial charge in [0.25, 0.3) is 0 Å². The van der Waals surface area contributed by atoms with Crippen LogP contribution in [-0.4, -0.2) is 132 Å². The van der Waals surface area contributed by atoms with Crippen molar-refractivity contribution in [2.75, 3.05) is 59.4 Å². The van der Waals surface area contributed by atoms with Gasteiger partial charge in [-0.3, -0.25) is 33.9 Å². The predicted molar refractivity (Wildman–Crippen MR) is 234 cm³/mol. The fourth-order valence-corrected chi connectivity index (χ4v) is 16.0. The molecule has 9 saturated carbocycles. The molecule has 336 valence electrons. The first-order chi connectivity index (χ1) is 28.3. The molecule has 1 spiro atoms. The number of amides is 4. The van der Waals surface area contributed by atoms with Crippen molar-refractivity contribution in [2.45, 2.75) is 172 Å². The largest absolute Gasteiger partial charge is 0.350 e. The molecule has 2 saturated heterocycles. The van der Waals surface area contributed by atoms with Crippen LogP contribution in [0.3, 0.4) is 0 Å². The van der Waals surface area contributed by atoms with Gasteiger partial charge >= 0.3 is 0 Å². The summed E-state index contributed by atoms with van der Waals surface area (Å²) < 4.78 is 0. The first-order valence-electron chi connectivity index (χ1n) is 24.4. The van der Waals surface area contributed by atoms with E-state index in [1.54, 1.807) is 0 Å². The second-order valence-electron chi connectivity index (χ2n) is 24.7. The Bertz CT molecular complexity index is 1580. The molecule has 11 fully saturated rings. The lowest BCUT2D eigenvalue weighted by molar-refractivity contribution is -0.134. The Morgan fingerprint density at radius 3 is 1.73 bits per heavy atom. The zero-order valence-corrected chi connectivity index (χ0v) is 38.1. The number of hydrogen-bond donors (Lipinski definition) is 5. The molecule has 11 rings (SSSR count). The molecule has 0 aromatic rings. The summed E-state index contributed by atoms with van der Waals surface area (Å²) in [5.41, 5.74) is -0.160. The summed E-state index contributed by atoms with van der Waals surface area (Å²) in [6.07, 6.45) is 18.6. The SMILES string of the molecule is CN(CC(=O)NC12CC3CC(CC(C3)C1)C2)C1CCN(CC(=O)NC(C)(C)CC2C3CC4CC2CC(NC(=O)CNC2CC5(C2)CN(CC(=O)NC(C)(C)C)C5)(C4)C3)CC1. The molecular weight excluding hydrogens is 753 g/mol. The second-order valence-corrected chi connectivity index (χ2v) is 24.7. The Kier molecular flexibility index (Phi) is 11.5. The van der Waals surface area contributed by atoms with Gasteiger partial charge in [-0.05, 0) is 191 Å². The highest BCUT2D eigenvalue weighted by Crippen LogP contribution is 2.60. The third kappa shape index (κ3) is 9.62. The summed E-state index contributed by atoms with van der Waals surface area (Å²) in [4.78, 5) is 59.3. The van der Waals surface area contributed by atoms with Gasteiger partial charge in [-0.1, -0.05) is 0 Å². The minimum atomic E-state index is -0.281. The number of rotatable bonds is 15. The molecule has 0 radical (unpaired) electrons. The summed E-state index contributed by atoms with van der Waals surface area (Å²) in [5.74, 6) is 5.54. The van der Waals surface area contributed by atoms with Crippen LogP contribution in [0.2, 0.25) is 0 Å². The van der Waals surface area contributed by atoms with E-state index in [0.717, 1.165) is 95.3 Å². The van der Waals surface area contributed by atoms with E-state index >= 15 is 0 Å². The molecule has 60 heavy (non-hydrogen) atoms. The topological polar surface area (TPSA) is 138 Å². The van der Waals surface area contributed by atoms with Crippen molar-refractivity contribution in [1.29, 1.82) is 0 Å².